The van der Waals surface area contributed by atoms with Crippen LogP contribution in [-0.4, -0.2) is 10.9 Å². The van der Waals surface area contributed by atoms with E-state index in [1.807, 2.05) is 31.2 Å². The number of carbonyl (C=O) groups is 1. The summed E-state index contributed by atoms with van der Waals surface area (Å²) < 4.78 is 12.9. The Labute approximate surface area is 139 Å². The third kappa shape index (κ3) is 3.68. The summed E-state index contributed by atoms with van der Waals surface area (Å²) in [5.74, 6) is -0.377. The fourth-order valence-electron chi connectivity index (χ4n) is 2.60. The van der Waals surface area contributed by atoms with Gasteiger partial charge in [-0.05, 0) is 55.3 Å². The predicted molar refractivity (Wildman–Crippen MR) is 94.2 cm³/mol. The van der Waals surface area contributed by atoms with E-state index in [1.54, 1.807) is 12.1 Å². The van der Waals surface area contributed by atoms with E-state index in [2.05, 4.69) is 10.3 Å². The smallest absolute Gasteiger partial charge is 0.224 e. The topological polar surface area (TPSA) is 68.0 Å². The quantitative estimate of drug-likeness (QED) is 0.766. The Morgan fingerprint density at radius 1 is 1.17 bits per heavy atom. The third-order valence-corrected chi connectivity index (χ3v) is 3.81. The van der Waals surface area contributed by atoms with Crippen molar-refractivity contribution in [1.29, 1.82) is 0 Å². The summed E-state index contributed by atoms with van der Waals surface area (Å²) in [6, 6.07) is 13.5. The van der Waals surface area contributed by atoms with Crippen molar-refractivity contribution in [3.63, 3.8) is 0 Å². The predicted octanol–water partition coefficient (Wildman–Crippen LogP) is 3.84. The molecule has 4 nitrogen and oxygen atoms in total. The number of fused-ring (bicyclic) bond motifs is 1. The van der Waals surface area contributed by atoms with Crippen molar-refractivity contribution < 1.29 is 9.18 Å². The van der Waals surface area contributed by atoms with Gasteiger partial charge in [0.15, 0.2) is 0 Å². The van der Waals surface area contributed by atoms with Gasteiger partial charge in [-0.2, -0.15) is 0 Å². The number of halogens is 1. The van der Waals surface area contributed by atoms with Crippen molar-refractivity contribution >= 4 is 28.2 Å². The fourth-order valence-corrected chi connectivity index (χ4v) is 2.60. The third-order valence-electron chi connectivity index (χ3n) is 3.81. The summed E-state index contributed by atoms with van der Waals surface area (Å²) in [4.78, 5) is 16.5. The van der Waals surface area contributed by atoms with Gasteiger partial charge in [0.2, 0.25) is 5.91 Å². The van der Waals surface area contributed by atoms with Gasteiger partial charge < -0.3 is 11.1 Å². The Morgan fingerprint density at radius 2 is 1.92 bits per heavy atom. The van der Waals surface area contributed by atoms with Gasteiger partial charge in [0.1, 0.15) is 5.82 Å². The maximum absolute atomic E-state index is 12.9. The van der Waals surface area contributed by atoms with Gasteiger partial charge in [-0.15, -0.1) is 0 Å². The molecule has 3 rings (SSSR count). The Morgan fingerprint density at radius 3 is 2.67 bits per heavy atom. The number of benzene rings is 2. The normalized spacial score (nSPS) is 10.8. The van der Waals surface area contributed by atoms with Crippen LogP contribution in [-0.2, 0) is 11.2 Å². The van der Waals surface area contributed by atoms with Crippen LogP contribution in [0.25, 0.3) is 10.9 Å². The first kappa shape index (κ1) is 15.9. The lowest BCUT2D eigenvalue weighted by molar-refractivity contribution is -0.116. The second-order valence-electron chi connectivity index (χ2n) is 5.76. The van der Waals surface area contributed by atoms with Crippen LogP contribution < -0.4 is 11.1 Å². The molecule has 0 radical (unpaired) electrons. The molecule has 0 bridgehead atoms. The molecule has 2 aromatic carbocycles. The van der Waals surface area contributed by atoms with Crippen molar-refractivity contribution in [3.8, 4) is 0 Å². The lowest BCUT2D eigenvalue weighted by Crippen LogP contribution is -2.12. The summed E-state index contributed by atoms with van der Waals surface area (Å²) in [5, 5.41) is 3.68. The lowest BCUT2D eigenvalue weighted by Gasteiger charge is -2.08. The van der Waals surface area contributed by atoms with E-state index in [0.717, 1.165) is 22.2 Å². The number of nitrogens with one attached hydrogen (secondary N) is 1. The Bertz CT molecular complexity index is 891. The second-order valence-corrected chi connectivity index (χ2v) is 5.76. The van der Waals surface area contributed by atoms with Gasteiger partial charge in [0, 0.05) is 28.9 Å². The summed E-state index contributed by atoms with van der Waals surface area (Å²) in [5.41, 5.74) is 9.93. The highest BCUT2D eigenvalue weighted by Gasteiger charge is 2.06. The van der Waals surface area contributed by atoms with Crippen LogP contribution in [0.4, 0.5) is 15.8 Å². The molecular formula is C19H18FN3O. The minimum Gasteiger partial charge on any atom is -0.398 e. The monoisotopic (exact) mass is 323 g/mol. The van der Waals surface area contributed by atoms with Crippen LogP contribution in [0.15, 0.2) is 48.5 Å². The zero-order valence-electron chi connectivity index (χ0n) is 13.3. The molecule has 122 valence electrons. The first-order valence-electron chi connectivity index (χ1n) is 7.72. The second kappa shape index (κ2) is 6.66. The number of rotatable bonds is 4. The SMILES string of the molecule is Cc1cc(N)c2cc(NC(=O)CCc3ccc(F)cc3)ccc2n1. The average Bonchev–Trinajstić information content (AvgIpc) is 2.55. The number of nitrogens with two attached hydrogens (primary N) is 1. The van der Waals surface area contributed by atoms with E-state index in [9.17, 15) is 9.18 Å². The molecule has 0 spiro atoms. The van der Waals surface area contributed by atoms with Crippen molar-refractivity contribution in [2.24, 2.45) is 0 Å². The molecular weight excluding hydrogens is 305 g/mol. The zero-order chi connectivity index (χ0) is 17.1. The van der Waals surface area contributed by atoms with Gasteiger partial charge in [0.25, 0.3) is 0 Å². The van der Waals surface area contributed by atoms with Crippen LogP contribution in [0, 0.1) is 12.7 Å². The number of nitrogens with zero attached hydrogens (tertiary/aromatic N) is 1. The maximum Gasteiger partial charge on any atom is 0.224 e. The number of pyridine rings is 1. The highest BCUT2D eigenvalue weighted by Crippen LogP contribution is 2.24. The summed E-state index contributed by atoms with van der Waals surface area (Å²) in [6.45, 7) is 1.89. The highest BCUT2D eigenvalue weighted by atomic mass is 19.1. The minimum absolute atomic E-state index is 0.0997. The summed E-state index contributed by atoms with van der Waals surface area (Å²) >= 11 is 0. The minimum atomic E-state index is -0.277. The van der Waals surface area contributed by atoms with Crippen LogP contribution in [0.5, 0.6) is 0 Å². The molecule has 24 heavy (non-hydrogen) atoms. The van der Waals surface area contributed by atoms with Crippen LogP contribution in [0.2, 0.25) is 0 Å². The molecule has 1 amide bonds. The first-order chi connectivity index (χ1) is 11.5. The summed E-state index contributed by atoms with van der Waals surface area (Å²) in [6.07, 6.45) is 0.883. The van der Waals surface area contributed by atoms with Gasteiger partial charge in [-0.25, -0.2) is 4.39 Å². The number of nitrogen functional groups attached to an aromatic ring is 1. The fraction of sp³-hybridized carbons (Fsp3) is 0.158. The van der Waals surface area contributed by atoms with Gasteiger partial charge in [-0.1, -0.05) is 12.1 Å². The van der Waals surface area contributed by atoms with Crippen LogP contribution >= 0.6 is 0 Å². The Kier molecular flexibility index (Phi) is 4.42. The largest absolute Gasteiger partial charge is 0.398 e. The molecule has 1 heterocycles. The Hall–Kier alpha value is -2.95. The molecule has 0 aliphatic carbocycles. The number of anilines is 2. The van der Waals surface area contributed by atoms with Crippen molar-refractivity contribution in [2.75, 3.05) is 11.1 Å². The van der Waals surface area contributed by atoms with Gasteiger partial charge >= 0.3 is 0 Å². The highest BCUT2D eigenvalue weighted by molar-refractivity contribution is 5.97. The van der Waals surface area contributed by atoms with E-state index in [4.69, 9.17) is 5.73 Å². The molecule has 3 N–H and O–H groups in total. The van der Waals surface area contributed by atoms with Crippen molar-refractivity contribution in [2.45, 2.75) is 19.8 Å². The lowest BCUT2D eigenvalue weighted by atomic mass is 10.1. The average molecular weight is 323 g/mol. The molecule has 0 saturated carbocycles. The first-order valence-corrected chi connectivity index (χ1v) is 7.72. The molecule has 5 heteroatoms. The van der Waals surface area contributed by atoms with Crippen LogP contribution in [0.1, 0.15) is 17.7 Å². The number of aryl methyl sites for hydroxylation is 2. The van der Waals surface area contributed by atoms with E-state index in [-0.39, 0.29) is 11.7 Å². The molecule has 1 aromatic heterocycles. The van der Waals surface area contributed by atoms with Gasteiger partial charge in [-0.3, -0.25) is 9.78 Å². The van der Waals surface area contributed by atoms with E-state index in [1.165, 1.54) is 12.1 Å². The van der Waals surface area contributed by atoms with E-state index < -0.39 is 0 Å². The molecule has 0 saturated heterocycles. The maximum atomic E-state index is 12.9. The molecule has 0 atom stereocenters. The molecule has 0 fully saturated rings. The zero-order valence-corrected chi connectivity index (χ0v) is 13.3. The van der Waals surface area contributed by atoms with Gasteiger partial charge in [0.05, 0.1) is 5.52 Å². The number of hydrogen-bond donors (Lipinski definition) is 2. The van der Waals surface area contributed by atoms with E-state index in [0.29, 0.717) is 24.2 Å². The molecule has 0 aliphatic rings. The number of aromatic nitrogens is 1. The number of hydrogen-bond acceptors (Lipinski definition) is 3. The van der Waals surface area contributed by atoms with Crippen molar-refractivity contribution in [3.05, 3.63) is 65.6 Å². The number of carbonyl (C=O) groups excluding carboxylic acids is 1. The standard InChI is InChI=1S/C19H18FN3O/c1-12-10-17(21)16-11-15(7-8-18(16)22-12)23-19(24)9-4-13-2-5-14(20)6-3-13/h2-3,5-8,10-11H,4,9H2,1H3,(H2,21,22)(H,23,24). The molecule has 0 unspecified atom stereocenters. The Balaban J connectivity index is 1.67. The van der Waals surface area contributed by atoms with Crippen LogP contribution in [0.3, 0.4) is 0 Å². The molecule has 0 aliphatic heterocycles. The molecule has 3 aromatic rings. The van der Waals surface area contributed by atoms with Crippen molar-refractivity contribution in [1.82, 2.24) is 4.98 Å². The number of amides is 1. The summed E-state index contributed by atoms with van der Waals surface area (Å²) in [7, 11) is 0. The van der Waals surface area contributed by atoms with E-state index >= 15 is 0 Å².